The number of carbonyl (C=O) groups excluding carboxylic acids is 2. The van der Waals surface area contributed by atoms with E-state index < -0.39 is 17.9 Å². The van der Waals surface area contributed by atoms with Crippen molar-refractivity contribution in [3.63, 3.8) is 0 Å². The lowest BCUT2D eigenvalue weighted by Gasteiger charge is -2.15. The number of carbonyl (C=O) groups is 3. The van der Waals surface area contributed by atoms with Crippen molar-refractivity contribution in [2.45, 2.75) is 31.3 Å². The number of para-hydroxylation sites is 1. The first-order chi connectivity index (χ1) is 12.5. The van der Waals surface area contributed by atoms with Crippen LogP contribution in [0.15, 0.2) is 30.5 Å². The first-order valence-electron chi connectivity index (χ1n) is 8.63. The van der Waals surface area contributed by atoms with Crippen molar-refractivity contribution in [1.29, 1.82) is 0 Å². The molecule has 3 rings (SSSR count). The molecule has 5 N–H and O–H groups in total. The summed E-state index contributed by atoms with van der Waals surface area (Å²) in [5.74, 6) is -1.88. The molecule has 0 aliphatic carbocycles. The number of nitrogens with one attached hydrogen (secondary N) is 4. The van der Waals surface area contributed by atoms with Gasteiger partial charge in [-0.1, -0.05) is 18.2 Å². The number of hydrogen-bond donors (Lipinski definition) is 5. The second-order valence-corrected chi connectivity index (χ2v) is 6.39. The SMILES string of the molecule is O=C(CNC(=O)C1CCCN1)NC(Cc1c[nH]c2ccccc12)C(=O)O. The number of H-pyrrole nitrogens is 1. The van der Waals surface area contributed by atoms with Crippen molar-refractivity contribution in [1.82, 2.24) is 20.9 Å². The molecule has 2 heterocycles. The minimum absolute atomic E-state index is 0.156. The minimum atomic E-state index is -1.12. The number of amides is 2. The predicted molar refractivity (Wildman–Crippen MR) is 95.6 cm³/mol. The van der Waals surface area contributed by atoms with E-state index in [4.69, 9.17) is 0 Å². The standard InChI is InChI=1S/C18H22N4O4/c23-16(10-21-17(24)14-6-3-7-19-14)22-15(18(25)26)8-11-9-20-13-5-2-1-4-12(11)13/h1-2,4-5,9,14-15,19-20H,3,6-8,10H2,(H,21,24)(H,22,23)(H,25,26). The highest BCUT2D eigenvalue weighted by Gasteiger charge is 2.24. The van der Waals surface area contributed by atoms with Gasteiger partial charge in [-0.15, -0.1) is 0 Å². The molecule has 0 spiro atoms. The van der Waals surface area contributed by atoms with Crippen molar-refractivity contribution in [3.05, 3.63) is 36.0 Å². The summed E-state index contributed by atoms with van der Waals surface area (Å²) < 4.78 is 0. The molecule has 1 saturated heterocycles. The molecule has 1 aliphatic heterocycles. The summed E-state index contributed by atoms with van der Waals surface area (Å²) in [6.45, 7) is 0.546. The number of rotatable bonds is 7. The molecule has 0 bridgehead atoms. The lowest BCUT2D eigenvalue weighted by atomic mass is 10.0. The summed E-state index contributed by atoms with van der Waals surface area (Å²) in [5, 5.41) is 18.4. The lowest BCUT2D eigenvalue weighted by Crippen LogP contribution is -2.49. The Hall–Kier alpha value is -2.87. The third-order valence-corrected chi connectivity index (χ3v) is 4.53. The molecule has 8 heteroatoms. The van der Waals surface area contributed by atoms with Crippen LogP contribution < -0.4 is 16.0 Å². The molecule has 2 aromatic rings. The molecule has 1 aromatic heterocycles. The van der Waals surface area contributed by atoms with Crippen molar-refractivity contribution < 1.29 is 19.5 Å². The van der Waals surface area contributed by atoms with Crippen LogP contribution >= 0.6 is 0 Å². The van der Waals surface area contributed by atoms with Crippen LogP contribution in [0.5, 0.6) is 0 Å². The zero-order valence-electron chi connectivity index (χ0n) is 14.2. The largest absolute Gasteiger partial charge is 0.480 e. The van der Waals surface area contributed by atoms with Crippen LogP contribution in [0, 0.1) is 0 Å². The molecule has 2 unspecified atom stereocenters. The van der Waals surface area contributed by atoms with Crippen molar-refractivity contribution >= 4 is 28.7 Å². The number of aromatic amines is 1. The van der Waals surface area contributed by atoms with Gasteiger partial charge >= 0.3 is 5.97 Å². The number of aliphatic carboxylic acids is 1. The molecular formula is C18H22N4O4. The predicted octanol–water partition coefficient (Wildman–Crippen LogP) is 0.148. The van der Waals surface area contributed by atoms with Crippen molar-refractivity contribution in [3.8, 4) is 0 Å². The smallest absolute Gasteiger partial charge is 0.326 e. The van der Waals surface area contributed by atoms with Crippen LogP contribution in [0.3, 0.4) is 0 Å². The van der Waals surface area contributed by atoms with Gasteiger partial charge in [0.05, 0.1) is 12.6 Å². The number of fused-ring (bicyclic) bond motifs is 1. The van der Waals surface area contributed by atoms with Gasteiger partial charge in [0.1, 0.15) is 6.04 Å². The van der Waals surface area contributed by atoms with Gasteiger partial charge in [0.15, 0.2) is 0 Å². The second-order valence-electron chi connectivity index (χ2n) is 6.39. The summed E-state index contributed by atoms with van der Waals surface area (Å²) in [5.41, 5.74) is 1.72. The van der Waals surface area contributed by atoms with Gasteiger partial charge in [-0.05, 0) is 31.0 Å². The normalized spacial score (nSPS) is 17.8. The third-order valence-electron chi connectivity index (χ3n) is 4.53. The summed E-state index contributed by atoms with van der Waals surface area (Å²) >= 11 is 0. The molecule has 0 saturated carbocycles. The fourth-order valence-corrected chi connectivity index (χ4v) is 3.16. The highest BCUT2D eigenvalue weighted by atomic mass is 16.4. The van der Waals surface area contributed by atoms with E-state index in [-0.39, 0.29) is 24.9 Å². The highest BCUT2D eigenvalue weighted by Crippen LogP contribution is 2.19. The van der Waals surface area contributed by atoms with Crippen LogP contribution in [0.25, 0.3) is 10.9 Å². The molecule has 26 heavy (non-hydrogen) atoms. The van der Waals surface area contributed by atoms with Crippen LogP contribution in [0.4, 0.5) is 0 Å². The van der Waals surface area contributed by atoms with Gasteiger partial charge in [0, 0.05) is 23.5 Å². The molecular weight excluding hydrogens is 336 g/mol. The summed E-state index contributed by atoms with van der Waals surface area (Å²) in [7, 11) is 0. The lowest BCUT2D eigenvalue weighted by molar-refractivity contribution is -0.141. The Balaban J connectivity index is 1.57. The third kappa shape index (κ3) is 4.20. The van der Waals surface area contributed by atoms with E-state index in [2.05, 4.69) is 20.9 Å². The molecule has 138 valence electrons. The maximum atomic E-state index is 12.1. The maximum absolute atomic E-state index is 12.1. The first-order valence-corrected chi connectivity index (χ1v) is 8.63. The molecule has 1 aromatic carbocycles. The van der Waals surface area contributed by atoms with Gasteiger partial charge < -0.3 is 26.0 Å². The molecule has 1 aliphatic rings. The Labute approximate surface area is 150 Å². The fraction of sp³-hybridized carbons (Fsp3) is 0.389. The molecule has 2 atom stereocenters. The Morgan fingerprint density at radius 3 is 2.81 bits per heavy atom. The van der Waals surface area contributed by atoms with Crippen molar-refractivity contribution in [2.24, 2.45) is 0 Å². The second kappa shape index (κ2) is 8.01. The number of carboxylic acids is 1. The molecule has 1 fully saturated rings. The zero-order valence-corrected chi connectivity index (χ0v) is 14.2. The number of hydrogen-bond acceptors (Lipinski definition) is 4. The van der Waals surface area contributed by atoms with Gasteiger partial charge in [0.2, 0.25) is 11.8 Å². The minimum Gasteiger partial charge on any atom is -0.480 e. The van der Waals surface area contributed by atoms with E-state index in [0.717, 1.165) is 35.9 Å². The van der Waals surface area contributed by atoms with Crippen LogP contribution in [-0.2, 0) is 20.8 Å². The summed E-state index contributed by atoms with van der Waals surface area (Å²) in [6.07, 6.45) is 3.57. The van der Waals surface area contributed by atoms with Gasteiger partial charge in [-0.3, -0.25) is 9.59 Å². The number of carboxylic acid groups (broad SMARTS) is 1. The summed E-state index contributed by atoms with van der Waals surface area (Å²) in [4.78, 5) is 38.6. The van der Waals surface area contributed by atoms with Gasteiger partial charge in [0.25, 0.3) is 0 Å². The quantitative estimate of drug-likeness (QED) is 0.482. The molecule has 0 radical (unpaired) electrons. The molecule has 8 nitrogen and oxygen atoms in total. The Kier molecular flexibility index (Phi) is 5.52. The van der Waals surface area contributed by atoms with Gasteiger partial charge in [-0.2, -0.15) is 0 Å². The Morgan fingerprint density at radius 2 is 2.08 bits per heavy atom. The van der Waals surface area contributed by atoms with E-state index >= 15 is 0 Å². The van der Waals surface area contributed by atoms with E-state index in [1.807, 2.05) is 24.3 Å². The summed E-state index contributed by atoms with van der Waals surface area (Å²) in [6, 6.07) is 6.23. The van der Waals surface area contributed by atoms with E-state index in [0.29, 0.717) is 0 Å². The fourth-order valence-electron chi connectivity index (χ4n) is 3.16. The Morgan fingerprint density at radius 1 is 1.27 bits per heavy atom. The van der Waals surface area contributed by atoms with Crippen LogP contribution in [0.1, 0.15) is 18.4 Å². The first kappa shape index (κ1) is 17.9. The Bertz CT molecular complexity index is 810. The molecule has 2 amide bonds. The van der Waals surface area contributed by atoms with Crippen molar-refractivity contribution in [2.75, 3.05) is 13.1 Å². The number of aromatic nitrogens is 1. The van der Waals surface area contributed by atoms with E-state index in [9.17, 15) is 19.5 Å². The maximum Gasteiger partial charge on any atom is 0.326 e. The topological polar surface area (TPSA) is 123 Å². The van der Waals surface area contributed by atoms with Gasteiger partial charge in [-0.25, -0.2) is 4.79 Å². The number of benzene rings is 1. The van der Waals surface area contributed by atoms with Crippen LogP contribution in [-0.4, -0.2) is 53.0 Å². The highest BCUT2D eigenvalue weighted by molar-refractivity contribution is 5.90. The van der Waals surface area contributed by atoms with E-state index in [1.54, 1.807) is 6.20 Å². The average molecular weight is 358 g/mol. The van der Waals surface area contributed by atoms with E-state index in [1.165, 1.54) is 0 Å². The zero-order chi connectivity index (χ0) is 18.5. The average Bonchev–Trinajstić information content (AvgIpc) is 3.29. The van der Waals surface area contributed by atoms with Crippen LogP contribution in [0.2, 0.25) is 0 Å². The monoisotopic (exact) mass is 358 g/mol.